The van der Waals surface area contributed by atoms with Crippen molar-refractivity contribution in [1.82, 2.24) is 5.32 Å². The smallest absolute Gasteiger partial charge is 0.127 e. The van der Waals surface area contributed by atoms with E-state index < -0.39 is 5.54 Å². The molecule has 0 spiro atoms. The number of nitrogens with zero attached hydrogens (tertiary/aromatic N) is 1. The summed E-state index contributed by atoms with van der Waals surface area (Å²) < 4.78 is 5.84. The third-order valence-corrected chi connectivity index (χ3v) is 3.69. The van der Waals surface area contributed by atoms with Gasteiger partial charge in [0.2, 0.25) is 0 Å². The molecule has 1 saturated carbocycles. The number of rotatable bonds is 4. The van der Waals surface area contributed by atoms with Gasteiger partial charge >= 0.3 is 0 Å². The van der Waals surface area contributed by atoms with Crippen molar-refractivity contribution in [2.45, 2.75) is 58.1 Å². The van der Waals surface area contributed by atoms with E-state index in [0.717, 1.165) is 12.8 Å². The zero-order valence-corrected chi connectivity index (χ0v) is 11.0. The molecule has 0 saturated heterocycles. The SMILES string of the molecule is CNC(C)(C#N)COC1CCC(C)(C)CC1. The number of ether oxygens (including phenoxy) is 1. The Morgan fingerprint density at radius 2 is 2.00 bits per heavy atom. The van der Waals surface area contributed by atoms with E-state index in [1.807, 2.05) is 6.92 Å². The molecule has 0 aromatic rings. The second kappa shape index (κ2) is 5.16. The summed E-state index contributed by atoms with van der Waals surface area (Å²) >= 11 is 0. The Hall–Kier alpha value is -0.590. The first-order valence-corrected chi connectivity index (χ1v) is 6.13. The molecular formula is C13H24N2O. The van der Waals surface area contributed by atoms with Crippen molar-refractivity contribution < 1.29 is 4.74 Å². The number of nitriles is 1. The summed E-state index contributed by atoms with van der Waals surface area (Å²) in [5, 5.41) is 12.0. The van der Waals surface area contributed by atoms with Crippen LogP contribution in [0.15, 0.2) is 0 Å². The molecule has 0 bridgehead atoms. The second-order valence-electron chi connectivity index (χ2n) is 5.87. The Balaban J connectivity index is 2.33. The van der Waals surface area contributed by atoms with E-state index in [-0.39, 0.29) is 0 Å². The van der Waals surface area contributed by atoms with Crippen LogP contribution in [0.5, 0.6) is 0 Å². The van der Waals surface area contributed by atoms with Crippen molar-refractivity contribution in [3.8, 4) is 6.07 Å². The van der Waals surface area contributed by atoms with E-state index in [2.05, 4.69) is 25.2 Å². The molecule has 0 heterocycles. The summed E-state index contributed by atoms with van der Waals surface area (Å²) in [6.07, 6.45) is 5.03. The predicted molar refractivity (Wildman–Crippen MR) is 65.1 cm³/mol. The zero-order chi connectivity index (χ0) is 12.2. The molecule has 1 aliphatic carbocycles. The largest absolute Gasteiger partial charge is 0.375 e. The van der Waals surface area contributed by atoms with E-state index >= 15 is 0 Å². The molecule has 1 N–H and O–H groups in total. The van der Waals surface area contributed by atoms with Gasteiger partial charge < -0.3 is 10.1 Å². The molecule has 1 atom stereocenters. The van der Waals surface area contributed by atoms with Crippen LogP contribution in [0, 0.1) is 16.7 Å². The van der Waals surface area contributed by atoms with Gasteiger partial charge in [0.1, 0.15) is 5.54 Å². The first kappa shape index (κ1) is 13.5. The molecule has 3 nitrogen and oxygen atoms in total. The van der Waals surface area contributed by atoms with Gasteiger partial charge in [0.25, 0.3) is 0 Å². The van der Waals surface area contributed by atoms with Crippen LogP contribution in [0.4, 0.5) is 0 Å². The van der Waals surface area contributed by atoms with Crippen LogP contribution in [0.25, 0.3) is 0 Å². The van der Waals surface area contributed by atoms with Crippen LogP contribution in [0.3, 0.4) is 0 Å². The quantitative estimate of drug-likeness (QED) is 0.798. The molecule has 0 aromatic carbocycles. The van der Waals surface area contributed by atoms with E-state index in [4.69, 9.17) is 10.00 Å². The molecule has 1 fully saturated rings. The lowest BCUT2D eigenvalue weighted by Gasteiger charge is -2.35. The molecule has 1 unspecified atom stereocenters. The van der Waals surface area contributed by atoms with E-state index in [0.29, 0.717) is 18.1 Å². The van der Waals surface area contributed by atoms with Gasteiger partial charge in [-0.05, 0) is 45.1 Å². The highest BCUT2D eigenvalue weighted by molar-refractivity contribution is 5.03. The van der Waals surface area contributed by atoms with Crippen LogP contribution in [0.1, 0.15) is 46.5 Å². The minimum atomic E-state index is -0.549. The average Bonchev–Trinajstić information content (AvgIpc) is 2.27. The maximum atomic E-state index is 9.01. The molecule has 92 valence electrons. The predicted octanol–water partition coefficient (Wildman–Crippen LogP) is 2.47. The fourth-order valence-electron chi connectivity index (χ4n) is 1.98. The van der Waals surface area contributed by atoms with Gasteiger partial charge in [-0.1, -0.05) is 13.8 Å². The lowest BCUT2D eigenvalue weighted by molar-refractivity contribution is -0.0121. The summed E-state index contributed by atoms with van der Waals surface area (Å²) in [5.41, 5.74) is -0.0750. The van der Waals surface area contributed by atoms with E-state index in [1.165, 1.54) is 12.8 Å². The Kier molecular flexibility index (Phi) is 4.35. The Bertz CT molecular complexity index is 260. The topological polar surface area (TPSA) is 45.0 Å². The highest BCUT2D eigenvalue weighted by atomic mass is 16.5. The summed E-state index contributed by atoms with van der Waals surface area (Å²) in [6.45, 7) is 6.98. The van der Waals surface area contributed by atoms with Crippen molar-refractivity contribution >= 4 is 0 Å². The third-order valence-electron chi connectivity index (χ3n) is 3.69. The number of hydrogen-bond acceptors (Lipinski definition) is 3. The van der Waals surface area contributed by atoms with Gasteiger partial charge in [0, 0.05) is 0 Å². The number of hydrogen-bond donors (Lipinski definition) is 1. The first-order chi connectivity index (χ1) is 7.41. The first-order valence-electron chi connectivity index (χ1n) is 6.13. The molecule has 0 aliphatic heterocycles. The minimum absolute atomic E-state index is 0.342. The maximum Gasteiger partial charge on any atom is 0.127 e. The summed E-state index contributed by atoms with van der Waals surface area (Å²) in [4.78, 5) is 0. The summed E-state index contributed by atoms with van der Waals surface area (Å²) in [7, 11) is 1.80. The van der Waals surface area contributed by atoms with Gasteiger partial charge in [-0.3, -0.25) is 0 Å². The normalized spacial score (nSPS) is 24.7. The number of likely N-dealkylation sites (N-methyl/N-ethyl adjacent to an activating group) is 1. The van der Waals surface area contributed by atoms with Gasteiger partial charge in [-0.15, -0.1) is 0 Å². The number of nitrogens with one attached hydrogen (secondary N) is 1. The maximum absolute atomic E-state index is 9.01. The molecule has 3 heteroatoms. The molecule has 0 radical (unpaired) electrons. The van der Waals surface area contributed by atoms with Crippen molar-refractivity contribution in [2.24, 2.45) is 5.41 Å². The van der Waals surface area contributed by atoms with E-state index in [1.54, 1.807) is 7.05 Å². The van der Waals surface area contributed by atoms with Gasteiger partial charge in [-0.2, -0.15) is 5.26 Å². The van der Waals surface area contributed by atoms with Crippen LogP contribution >= 0.6 is 0 Å². The Morgan fingerprint density at radius 3 is 2.44 bits per heavy atom. The highest BCUT2D eigenvalue weighted by Crippen LogP contribution is 2.36. The molecule has 1 rings (SSSR count). The fraction of sp³-hybridized carbons (Fsp3) is 0.923. The Labute approximate surface area is 99.2 Å². The lowest BCUT2D eigenvalue weighted by atomic mass is 9.76. The van der Waals surface area contributed by atoms with Crippen molar-refractivity contribution in [2.75, 3.05) is 13.7 Å². The van der Waals surface area contributed by atoms with Crippen molar-refractivity contribution in [3.05, 3.63) is 0 Å². The third kappa shape index (κ3) is 3.77. The second-order valence-corrected chi connectivity index (χ2v) is 5.87. The molecule has 0 amide bonds. The average molecular weight is 224 g/mol. The standard InChI is InChI=1S/C13H24N2O/c1-12(2)7-5-11(6-8-12)16-10-13(3,9-14)15-4/h11,15H,5-8,10H2,1-4H3. The summed E-state index contributed by atoms with van der Waals surface area (Å²) in [6, 6.07) is 2.25. The van der Waals surface area contributed by atoms with Crippen molar-refractivity contribution in [1.29, 1.82) is 5.26 Å². The van der Waals surface area contributed by atoms with Gasteiger partial charge in [-0.25, -0.2) is 0 Å². The van der Waals surface area contributed by atoms with Crippen molar-refractivity contribution in [3.63, 3.8) is 0 Å². The van der Waals surface area contributed by atoms with Crippen LogP contribution in [-0.4, -0.2) is 25.3 Å². The summed E-state index contributed by atoms with van der Waals surface area (Å²) in [5.74, 6) is 0. The lowest BCUT2D eigenvalue weighted by Crippen LogP contribution is -2.44. The molecular weight excluding hydrogens is 200 g/mol. The van der Waals surface area contributed by atoms with E-state index in [9.17, 15) is 0 Å². The Morgan fingerprint density at radius 1 is 1.44 bits per heavy atom. The van der Waals surface area contributed by atoms with Gasteiger partial charge in [0.05, 0.1) is 18.8 Å². The fourth-order valence-corrected chi connectivity index (χ4v) is 1.98. The monoisotopic (exact) mass is 224 g/mol. The highest BCUT2D eigenvalue weighted by Gasteiger charge is 2.29. The molecule has 16 heavy (non-hydrogen) atoms. The molecule has 1 aliphatic rings. The van der Waals surface area contributed by atoms with Gasteiger partial charge in [0.15, 0.2) is 0 Å². The van der Waals surface area contributed by atoms with Crippen LogP contribution in [-0.2, 0) is 4.74 Å². The molecule has 0 aromatic heterocycles. The zero-order valence-electron chi connectivity index (χ0n) is 11.0. The minimum Gasteiger partial charge on any atom is -0.375 e. The van der Waals surface area contributed by atoms with Crippen LogP contribution in [0.2, 0.25) is 0 Å². The van der Waals surface area contributed by atoms with Crippen LogP contribution < -0.4 is 5.32 Å².